The summed E-state index contributed by atoms with van der Waals surface area (Å²) in [6, 6.07) is 0.452. The van der Waals surface area contributed by atoms with E-state index >= 15 is 0 Å². The molecule has 1 aromatic heterocycles. The highest BCUT2D eigenvalue weighted by Gasteiger charge is 2.21. The van der Waals surface area contributed by atoms with E-state index in [1.54, 1.807) is 0 Å². The molecule has 4 nitrogen and oxygen atoms in total. The topological polar surface area (TPSA) is 41.1 Å². The van der Waals surface area contributed by atoms with Gasteiger partial charge in [0, 0.05) is 24.7 Å². The van der Waals surface area contributed by atoms with Gasteiger partial charge >= 0.3 is 0 Å². The molecule has 0 aromatic carbocycles. The number of aromatic nitrogens is 2. The summed E-state index contributed by atoms with van der Waals surface area (Å²) in [5.74, 6) is 0.890. The van der Waals surface area contributed by atoms with E-state index in [-0.39, 0.29) is 5.54 Å². The average molecular weight is 262 g/mol. The van der Waals surface area contributed by atoms with Crippen LogP contribution in [0.5, 0.6) is 0 Å². The number of rotatable bonds is 6. The average Bonchev–Trinajstić information content (AvgIpc) is 2.33. The molecule has 0 fully saturated rings. The second-order valence-corrected chi connectivity index (χ2v) is 5.97. The molecule has 1 aromatic rings. The Morgan fingerprint density at radius 2 is 2.00 bits per heavy atom. The van der Waals surface area contributed by atoms with Gasteiger partial charge in [-0.25, -0.2) is 4.98 Å². The molecule has 0 aliphatic carbocycles. The Morgan fingerprint density at radius 1 is 1.32 bits per heavy atom. The largest absolute Gasteiger partial charge is 0.347 e. The molecule has 19 heavy (non-hydrogen) atoms. The Balaban J connectivity index is 2.80. The molecule has 0 radical (unpaired) electrons. The maximum absolute atomic E-state index is 4.52. The van der Waals surface area contributed by atoms with Gasteiger partial charge in [-0.15, -0.1) is 6.58 Å². The number of nitrogens with zero attached hydrogens (tertiary/aromatic N) is 3. The van der Waals surface area contributed by atoms with Crippen LogP contribution < -0.4 is 10.2 Å². The molecular weight excluding hydrogens is 236 g/mol. The van der Waals surface area contributed by atoms with Crippen LogP contribution >= 0.6 is 0 Å². The third-order valence-corrected chi connectivity index (χ3v) is 2.78. The second-order valence-electron chi connectivity index (χ2n) is 5.97. The van der Waals surface area contributed by atoms with Crippen molar-refractivity contribution in [1.29, 1.82) is 0 Å². The van der Waals surface area contributed by atoms with Crippen LogP contribution in [0.2, 0.25) is 0 Å². The van der Waals surface area contributed by atoms with Crippen LogP contribution in [0, 0.1) is 0 Å². The minimum atomic E-state index is 0.000565. The molecule has 0 amide bonds. The highest BCUT2D eigenvalue weighted by Crippen LogP contribution is 2.20. The molecule has 1 rings (SSSR count). The molecule has 0 unspecified atom stereocenters. The van der Waals surface area contributed by atoms with Crippen LogP contribution in [-0.2, 0) is 6.54 Å². The summed E-state index contributed by atoms with van der Waals surface area (Å²) in [5.41, 5.74) is 0.963. The third-order valence-electron chi connectivity index (χ3n) is 2.78. The Labute approximate surface area is 117 Å². The van der Waals surface area contributed by atoms with Gasteiger partial charge in [-0.2, -0.15) is 0 Å². The van der Waals surface area contributed by atoms with Crippen molar-refractivity contribution in [2.24, 2.45) is 0 Å². The smallest absolute Gasteiger partial charge is 0.147 e. The number of nitrogens with one attached hydrogen (secondary N) is 1. The minimum Gasteiger partial charge on any atom is -0.347 e. The van der Waals surface area contributed by atoms with Crippen LogP contribution in [0.4, 0.5) is 5.82 Å². The van der Waals surface area contributed by atoms with E-state index in [4.69, 9.17) is 0 Å². The number of hydrogen-bond acceptors (Lipinski definition) is 4. The van der Waals surface area contributed by atoms with Crippen molar-refractivity contribution in [2.75, 3.05) is 11.4 Å². The first-order chi connectivity index (χ1) is 8.84. The molecule has 4 heteroatoms. The second kappa shape index (κ2) is 6.66. The van der Waals surface area contributed by atoms with Crippen molar-refractivity contribution in [2.45, 2.75) is 52.7 Å². The molecular formula is C15H26N4. The first-order valence-electron chi connectivity index (χ1n) is 6.77. The zero-order chi connectivity index (χ0) is 14.5. The lowest BCUT2D eigenvalue weighted by Crippen LogP contribution is -2.42. The van der Waals surface area contributed by atoms with Gasteiger partial charge in [-0.05, 0) is 20.8 Å². The van der Waals surface area contributed by atoms with Crippen molar-refractivity contribution >= 4 is 5.82 Å². The van der Waals surface area contributed by atoms with Crippen molar-refractivity contribution in [3.63, 3.8) is 0 Å². The molecule has 1 N–H and O–H groups in total. The van der Waals surface area contributed by atoms with Gasteiger partial charge in [0.05, 0.1) is 18.1 Å². The lowest BCUT2D eigenvalue weighted by Gasteiger charge is -2.35. The maximum Gasteiger partial charge on any atom is 0.147 e. The summed E-state index contributed by atoms with van der Waals surface area (Å²) in [5, 5.41) is 3.33. The van der Waals surface area contributed by atoms with Crippen molar-refractivity contribution < 1.29 is 0 Å². The van der Waals surface area contributed by atoms with Crippen molar-refractivity contribution in [3.8, 4) is 0 Å². The summed E-state index contributed by atoms with van der Waals surface area (Å²) in [6.07, 6.45) is 5.57. The molecule has 0 saturated heterocycles. The molecule has 0 spiro atoms. The standard InChI is InChI=1S/C15H26N4/c1-7-8-19(15(4,5)6)14-11-17-13(10-18-14)9-16-12(2)3/h7,10-12,16H,1,8-9H2,2-6H3. The fourth-order valence-electron chi connectivity index (χ4n) is 1.73. The van der Waals surface area contributed by atoms with Gasteiger partial charge in [0.1, 0.15) is 5.82 Å². The van der Waals surface area contributed by atoms with Crippen LogP contribution in [0.15, 0.2) is 25.0 Å². The van der Waals surface area contributed by atoms with Gasteiger partial charge in [0.15, 0.2) is 0 Å². The van der Waals surface area contributed by atoms with E-state index in [0.29, 0.717) is 6.04 Å². The summed E-state index contributed by atoms with van der Waals surface area (Å²) in [4.78, 5) is 11.2. The molecule has 0 atom stereocenters. The van der Waals surface area contributed by atoms with Gasteiger partial charge in [0.25, 0.3) is 0 Å². The Bertz CT molecular complexity index is 390. The van der Waals surface area contributed by atoms with Crippen molar-refractivity contribution in [1.82, 2.24) is 15.3 Å². The van der Waals surface area contributed by atoms with Crippen LogP contribution in [0.1, 0.15) is 40.3 Å². The molecule has 0 saturated carbocycles. The first-order valence-corrected chi connectivity index (χ1v) is 6.77. The van der Waals surface area contributed by atoms with Gasteiger partial charge in [0.2, 0.25) is 0 Å². The number of anilines is 1. The van der Waals surface area contributed by atoms with E-state index in [9.17, 15) is 0 Å². The summed E-state index contributed by atoms with van der Waals surface area (Å²) < 4.78 is 0. The predicted octanol–water partition coefficient (Wildman–Crippen LogP) is 2.77. The van der Waals surface area contributed by atoms with E-state index in [0.717, 1.165) is 24.6 Å². The van der Waals surface area contributed by atoms with E-state index in [1.165, 1.54) is 0 Å². The molecule has 106 valence electrons. The Hall–Kier alpha value is -1.42. The summed E-state index contributed by atoms with van der Waals surface area (Å²) >= 11 is 0. The van der Waals surface area contributed by atoms with Gasteiger partial charge < -0.3 is 10.2 Å². The van der Waals surface area contributed by atoms with Gasteiger partial charge in [-0.3, -0.25) is 4.98 Å². The maximum atomic E-state index is 4.52. The van der Waals surface area contributed by atoms with Gasteiger partial charge in [-0.1, -0.05) is 19.9 Å². The lowest BCUT2D eigenvalue weighted by atomic mass is 10.1. The highest BCUT2D eigenvalue weighted by molar-refractivity contribution is 5.40. The molecule has 0 aliphatic rings. The summed E-state index contributed by atoms with van der Waals surface area (Å²) in [7, 11) is 0. The van der Waals surface area contributed by atoms with Crippen LogP contribution in [-0.4, -0.2) is 28.1 Å². The third kappa shape index (κ3) is 4.99. The van der Waals surface area contributed by atoms with E-state index in [1.807, 2.05) is 18.5 Å². The molecule has 0 bridgehead atoms. The number of hydrogen-bond donors (Lipinski definition) is 1. The lowest BCUT2D eigenvalue weighted by molar-refractivity contribution is 0.516. The fourth-order valence-corrected chi connectivity index (χ4v) is 1.73. The van der Waals surface area contributed by atoms with Crippen LogP contribution in [0.3, 0.4) is 0 Å². The summed E-state index contributed by atoms with van der Waals surface area (Å²) in [6.45, 7) is 16.0. The minimum absolute atomic E-state index is 0.000565. The first kappa shape index (κ1) is 15.6. The zero-order valence-electron chi connectivity index (χ0n) is 12.8. The van der Waals surface area contributed by atoms with Crippen LogP contribution in [0.25, 0.3) is 0 Å². The van der Waals surface area contributed by atoms with E-state index in [2.05, 4.69) is 61.4 Å². The molecule has 0 aliphatic heterocycles. The Kier molecular flexibility index (Phi) is 5.48. The highest BCUT2D eigenvalue weighted by atomic mass is 15.2. The SMILES string of the molecule is C=CCN(c1cnc(CNC(C)C)cn1)C(C)(C)C. The quantitative estimate of drug-likeness (QED) is 0.800. The van der Waals surface area contributed by atoms with Crippen molar-refractivity contribution in [3.05, 3.63) is 30.7 Å². The Morgan fingerprint density at radius 3 is 2.42 bits per heavy atom. The predicted molar refractivity (Wildman–Crippen MR) is 81.3 cm³/mol. The zero-order valence-corrected chi connectivity index (χ0v) is 12.8. The monoisotopic (exact) mass is 262 g/mol. The fraction of sp³-hybridized carbons (Fsp3) is 0.600. The molecule has 1 heterocycles. The normalized spacial score (nSPS) is 11.7. The van der Waals surface area contributed by atoms with E-state index < -0.39 is 0 Å².